The molecule has 0 bridgehead atoms. The van der Waals surface area contributed by atoms with Crippen molar-refractivity contribution in [1.82, 2.24) is 4.90 Å². The third-order valence-electron chi connectivity index (χ3n) is 3.96. The fraction of sp³-hybridized carbons (Fsp3) is 0.467. The molecule has 6 heteroatoms. The second kappa shape index (κ2) is 5.79. The van der Waals surface area contributed by atoms with Crippen molar-refractivity contribution in [2.75, 3.05) is 13.1 Å². The molecule has 1 N–H and O–H groups in total. The van der Waals surface area contributed by atoms with E-state index in [2.05, 4.69) is 0 Å². The second-order valence-electron chi connectivity index (χ2n) is 5.67. The van der Waals surface area contributed by atoms with Crippen LogP contribution in [0, 0.1) is 17.0 Å². The molecular formula is C15H17F2NO3. The van der Waals surface area contributed by atoms with E-state index in [9.17, 15) is 18.4 Å². The fourth-order valence-electron chi connectivity index (χ4n) is 2.48. The summed E-state index contributed by atoms with van der Waals surface area (Å²) in [6, 6.07) is 3.14. The lowest BCUT2D eigenvalue weighted by atomic mass is 9.90. The molecule has 1 fully saturated rings. The van der Waals surface area contributed by atoms with Gasteiger partial charge in [-0.3, -0.25) is 9.59 Å². The Labute approximate surface area is 121 Å². The van der Waals surface area contributed by atoms with Crippen LogP contribution in [0.5, 0.6) is 0 Å². The molecule has 1 heterocycles. The summed E-state index contributed by atoms with van der Waals surface area (Å²) in [4.78, 5) is 24.6. The van der Waals surface area contributed by atoms with Crippen molar-refractivity contribution < 1.29 is 23.5 Å². The molecule has 0 aromatic heterocycles. The van der Waals surface area contributed by atoms with Gasteiger partial charge in [-0.05, 0) is 43.5 Å². The van der Waals surface area contributed by atoms with Crippen LogP contribution in [0.1, 0.15) is 25.3 Å². The van der Waals surface area contributed by atoms with E-state index in [-0.39, 0.29) is 30.9 Å². The zero-order valence-corrected chi connectivity index (χ0v) is 11.7. The molecule has 1 aromatic rings. The highest BCUT2D eigenvalue weighted by molar-refractivity contribution is 5.80. The van der Waals surface area contributed by atoms with Crippen LogP contribution in [0.3, 0.4) is 0 Å². The van der Waals surface area contributed by atoms with Crippen molar-refractivity contribution in [3.05, 3.63) is 35.4 Å². The molecule has 1 saturated heterocycles. The average Bonchev–Trinajstić information content (AvgIpc) is 2.84. The molecule has 1 aliphatic heterocycles. The first-order valence-electron chi connectivity index (χ1n) is 6.77. The zero-order chi connectivity index (χ0) is 15.6. The Morgan fingerprint density at radius 1 is 1.38 bits per heavy atom. The largest absolute Gasteiger partial charge is 0.481 e. The van der Waals surface area contributed by atoms with E-state index in [1.165, 1.54) is 4.90 Å². The topological polar surface area (TPSA) is 57.6 Å². The van der Waals surface area contributed by atoms with Crippen LogP contribution < -0.4 is 0 Å². The molecule has 114 valence electrons. The number of carbonyl (C=O) groups is 2. The number of rotatable bonds is 4. The van der Waals surface area contributed by atoms with Crippen LogP contribution >= 0.6 is 0 Å². The summed E-state index contributed by atoms with van der Waals surface area (Å²) in [5.41, 5.74) is -0.761. The van der Waals surface area contributed by atoms with Gasteiger partial charge < -0.3 is 10.0 Å². The summed E-state index contributed by atoms with van der Waals surface area (Å²) in [5, 5.41) is 9.12. The van der Waals surface area contributed by atoms with E-state index in [0.717, 1.165) is 18.2 Å². The third-order valence-corrected chi connectivity index (χ3v) is 3.96. The van der Waals surface area contributed by atoms with Gasteiger partial charge in [0.2, 0.25) is 5.91 Å². The number of nitrogens with zero attached hydrogens (tertiary/aromatic N) is 1. The number of carbonyl (C=O) groups excluding carboxylic acids is 1. The number of hydrogen-bond acceptors (Lipinski definition) is 2. The van der Waals surface area contributed by atoms with Crippen LogP contribution in [-0.2, 0) is 16.0 Å². The summed E-state index contributed by atoms with van der Waals surface area (Å²) < 4.78 is 26.5. The molecule has 1 unspecified atom stereocenters. The standard InChI is InChI=1S/C15H17F2NO3/c1-15(14(20)21)6-7-18(9-15)13(19)5-2-10-8-11(16)3-4-12(10)17/h3-4,8H,2,5-7,9H2,1H3,(H,20,21). The molecule has 0 radical (unpaired) electrons. The van der Waals surface area contributed by atoms with Crippen molar-refractivity contribution in [2.24, 2.45) is 5.41 Å². The molecule has 21 heavy (non-hydrogen) atoms. The molecule has 1 aliphatic rings. The maximum absolute atomic E-state index is 13.5. The van der Waals surface area contributed by atoms with Crippen LogP contribution in [-0.4, -0.2) is 35.0 Å². The number of aliphatic carboxylic acids is 1. The molecule has 1 aromatic carbocycles. The minimum absolute atomic E-state index is 0.0378. The second-order valence-corrected chi connectivity index (χ2v) is 5.67. The van der Waals surface area contributed by atoms with Gasteiger partial charge in [-0.2, -0.15) is 0 Å². The van der Waals surface area contributed by atoms with Gasteiger partial charge in [0.05, 0.1) is 5.41 Å². The van der Waals surface area contributed by atoms with Gasteiger partial charge in [-0.25, -0.2) is 8.78 Å². The number of amides is 1. The predicted molar refractivity (Wildman–Crippen MR) is 71.6 cm³/mol. The van der Waals surface area contributed by atoms with Crippen LogP contribution in [0.25, 0.3) is 0 Å². The number of hydrogen-bond donors (Lipinski definition) is 1. The molecule has 2 rings (SSSR count). The van der Waals surface area contributed by atoms with Gasteiger partial charge in [-0.1, -0.05) is 0 Å². The average molecular weight is 297 g/mol. The normalized spacial score (nSPS) is 21.6. The van der Waals surface area contributed by atoms with E-state index < -0.39 is 23.0 Å². The van der Waals surface area contributed by atoms with Crippen molar-refractivity contribution in [1.29, 1.82) is 0 Å². The van der Waals surface area contributed by atoms with Gasteiger partial charge in [-0.15, -0.1) is 0 Å². The Morgan fingerprint density at radius 3 is 2.71 bits per heavy atom. The van der Waals surface area contributed by atoms with Crippen molar-refractivity contribution >= 4 is 11.9 Å². The lowest BCUT2D eigenvalue weighted by Crippen LogP contribution is -2.35. The Kier molecular flexibility index (Phi) is 4.25. The number of carboxylic acids is 1. The van der Waals surface area contributed by atoms with Crippen molar-refractivity contribution in [3.63, 3.8) is 0 Å². The molecular weight excluding hydrogens is 280 g/mol. The van der Waals surface area contributed by atoms with E-state index in [1.807, 2.05) is 0 Å². The highest BCUT2D eigenvalue weighted by Crippen LogP contribution is 2.30. The summed E-state index contributed by atoms with van der Waals surface area (Å²) in [5.74, 6) is -2.24. The quantitative estimate of drug-likeness (QED) is 0.927. The minimum Gasteiger partial charge on any atom is -0.481 e. The van der Waals surface area contributed by atoms with Gasteiger partial charge in [0.25, 0.3) is 0 Å². The van der Waals surface area contributed by atoms with Gasteiger partial charge in [0, 0.05) is 19.5 Å². The molecule has 0 aliphatic carbocycles. The first kappa shape index (κ1) is 15.4. The maximum atomic E-state index is 13.5. The predicted octanol–water partition coefficient (Wildman–Crippen LogP) is 2.22. The van der Waals surface area contributed by atoms with E-state index in [1.54, 1.807) is 6.92 Å². The SMILES string of the molecule is CC1(C(=O)O)CCN(C(=O)CCc2cc(F)ccc2F)C1. The minimum atomic E-state index is -0.922. The number of halogens is 2. The Morgan fingerprint density at radius 2 is 2.10 bits per heavy atom. The first-order chi connectivity index (χ1) is 9.82. The number of carboxylic acid groups (broad SMARTS) is 1. The third kappa shape index (κ3) is 3.37. The van der Waals surface area contributed by atoms with E-state index in [0.29, 0.717) is 13.0 Å². The zero-order valence-electron chi connectivity index (χ0n) is 11.7. The fourth-order valence-corrected chi connectivity index (χ4v) is 2.48. The maximum Gasteiger partial charge on any atom is 0.311 e. The monoisotopic (exact) mass is 297 g/mol. The van der Waals surface area contributed by atoms with Crippen molar-refractivity contribution in [2.45, 2.75) is 26.2 Å². The van der Waals surface area contributed by atoms with Gasteiger partial charge >= 0.3 is 5.97 Å². The highest BCUT2D eigenvalue weighted by Gasteiger charge is 2.41. The highest BCUT2D eigenvalue weighted by atomic mass is 19.1. The number of likely N-dealkylation sites (tertiary alicyclic amines) is 1. The lowest BCUT2D eigenvalue weighted by Gasteiger charge is -2.20. The molecule has 4 nitrogen and oxygen atoms in total. The van der Waals surface area contributed by atoms with Crippen LogP contribution in [0.15, 0.2) is 18.2 Å². The Balaban J connectivity index is 1.94. The summed E-state index contributed by atoms with van der Waals surface area (Å²) in [7, 11) is 0. The Bertz CT molecular complexity index is 576. The summed E-state index contributed by atoms with van der Waals surface area (Å²) >= 11 is 0. The van der Waals surface area contributed by atoms with E-state index >= 15 is 0 Å². The Hall–Kier alpha value is -1.98. The smallest absolute Gasteiger partial charge is 0.311 e. The lowest BCUT2D eigenvalue weighted by molar-refractivity contribution is -0.147. The van der Waals surface area contributed by atoms with Crippen LogP contribution in [0.2, 0.25) is 0 Å². The van der Waals surface area contributed by atoms with Crippen molar-refractivity contribution in [3.8, 4) is 0 Å². The first-order valence-corrected chi connectivity index (χ1v) is 6.77. The number of aryl methyl sites for hydroxylation is 1. The molecule has 1 atom stereocenters. The summed E-state index contributed by atoms with van der Waals surface area (Å²) in [6.07, 6.45) is 0.543. The molecule has 0 saturated carbocycles. The van der Waals surface area contributed by atoms with E-state index in [4.69, 9.17) is 5.11 Å². The molecule has 0 spiro atoms. The molecule has 1 amide bonds. The van der Waals surface area contributed by atoms with Gasteiger partial charge in [0.15, 0.2) is 0 Å². The number of benzene rings is 1. The van der Waals surface area contributed by atoms with Gasteiger partial charge in [0.1, 0.15) is 11.6 Å². The summed E-state index contributed by atoms with van der Waals surface area (Å²) in [6.45, 7) is 2.15. The van der Waals surface area contributed by atoms with Crippen LogP contribution in [0.4, 0.5) is 8.78 Å².